The predicted octanol–water partition coefficient (Wildman–Crippen LogP) is 2.42. The van der Waals surface area contributed by atoms with Crippen LogP contribution in [0.2, 0.25) is 0 Å². The third-order valence-electron chi connectivity index (χ3n) is 5.19. The Kier molecular flexibility index (Phi) is 12.7. The number of ether oxygens (including phenoxy) is 1. The van der Waals surface area contributed by atoms with E-state index < -0.39 is 45.1 Å². The van der Waals surface area contributed by atoms with Crippen LogP contribution < -0.4 is 0 Å². The average Bonchev–Trinajstić information content (AvgIpc) is 2.67. The van der Waals surface area contributed by atoms with Gasteiger partial charge in [-0.2, -0.15) is 0 Å². The molecule has 0 aromatic heterocycles. The second kappa shape index (κ2) is 13.8. The minimum Gasteiger partial charge on any atom is -0.394 e. The van der Waals surface area contributed by atoms with Crippen LogP contribution in [0.1, 0.15) is 59.8 Å². The molecule has 1 saturated heterocycles. The smallest absolute Gasteiger partial charge is 0.394 e. The Balaban J connectivity index is 2.36. The molecule has 0 amide bonds. The van der Waals surface area contributed by atoms with E-state index in [0.29, 0.717) is 6.42 Å². The molecule has 7 unspecified atom stereocenters. The second-order valence-electron chi connectivity index (χ2n) is 8.45. The number of aliphatic hydroxyl groups is 4. The molecular formula is C21H39O9P. The molecule has 9 nitrogen and oxygen atoms in total. The van der Waals surface area contributed by atoms with E-state index in [-0.39, 0.29) is 12.5 Å². The van der Waals surface area contributed by atoms with Crippen LogP contribution in [0.25, 0.3) is 0 Å². The van der Waals surface area contributed by atoms with Gasteiger partial charge in [-0.3, -0.25) is 9.05 Å². The van der Waals surface area contributed by atoms with Crippen molar-refractivity contribution in [1.82, 2.24) is 0 Å². The van der Waals surface area contributed by atoms with E-state index in [0.717, 1.165) is 25.7 Å². The largest absolute Gasteiger partial charge is 0.474 e. The van der Waals surface area contributed by atoms with Gasteiger partial charge in [0.05, 0.1) is 13.2 Å². The fourth-order valence-electron chi connectivity index (χ4n) is 3.13. The normalized spacial score (nSPS) is 30.0. The minimum absolute atomic E-state index is 0.0321. The van der Waals surface area contributed by atoms with Gasteiger partial charge in [-0.1, -0.05) is 30.2 Å². The first-order valence-electron chi connectivity index (χ1n) is 10.7. The molecule has 7 atom stereocenters. The molecule has 0 aromatic carbocycles. The van der Waals surface area contributed by atoms with Gasteiger partial charge >= 0.3 is 7.82 Å². The first-order chi connectivity index (χ1) is 14.5. The van der Waals surface area contributed by atoms with Crippen molar-refractivity contribution in [3.63, 3.8) is 0 Å². The van der Waals surface area contributed by atoms with Gasteiger partial charge in [0.2, 0.25) is 0 Å². The molecule has 0 spiro atoms. The van der Waals surface area contributed by atoms with Crippen molar-refractivity contribution in [3.8, 4) is 0 Å². The van der Waals surface area contributed by atoms with E-state index in [2.05, 4.69) is 32.9 Å². The highest BCUT2D eigenvalue weighted by atomic mass is 31.2. The SMILES string of the molecule is CC(C)=CCCC(C)=CCCC(C)CCOP(=O)(O)OC1OC(CO)C(O)C(O)C1O. The van der Waals surface area contributed by atoms with E-state index >= 15 is 0 Å². The number of phosphoric ester groups is 1. The molecule has 5 N–H and O–H groups in total. The third-order valence-corrected chi connectivity index (χ3v) is 6.18. The first-order valence-corrected chi connectivity index (χ1v) is 12.2. The van der Waals surface area contributed by atoms with Gasteiger partial charge in [-0.25, -0.2) is 4.57 Å². The summed E-state index contributed by atoms with van der Waals surface area (Å²) in [7, 11) is -4.58. The Bertz CT molecular complexity index is 630. The van der Waals surface area contributed by atoms with E-state index in [1.165, 1.54) is 11.1 Å². The van der Waals surface area contributed by atoms with E-state index in [4.69, 9.17) is 18.9 Å². The summed E-state index contributed by atoms with van der Waals surface area (Å²) in [5.74, 6) is 0.258. The summed E-state index contributed by atoms with van der Waals surface area (Å²) >= 11 is 0. The molecule has 0 aliphatic carbocycles. The standard InChI is InChI=1S/C21H39O9P/c1-14(2)7-5-8-15(3)9-6-10-16(4)11-12-28-31(26,27)30-21-20(25)19(24)18(23)17(13-22)29-21/h7,9,16-25H,5-6,8,10-13H2,1-4H3,(H,26,27). The van der Waals surface area contributed by atoms with E-state index in [1.807, 2.05) is 6.92 Å². The van der Waals surface area contributed by atoms with Crippen LogP contribution in [0.4, 0.5) is 0 Å². The summed E-state index contributed by atoms with van der Waals surface area (Å²) in [6, 6.07) is 0. The molecule has 182 valence electrons. The first kappa shape index (κ1) is 28.4. The summed E-state index contributed by atoms with van der Waals surface area (Å²) in [4.78, 5) is 9.88. The fraction of sp³-hybridized carbons (Fsp3) is 0.810. The summed E-state index contributed by atoms with van der Waals surface area (Å²) in [6.45, 7) is 7.62. The number of rotatable bonds is 13. The highest BCUT2D eigenvalue weighted by molar-refractivity contribution is 7.47. The molecular weight excluding hydrogens is 427 g/mol. The van der Waals surface area contributed by atoms with Crippen molar-refractivity contribution in [2.24, 2.45) is 5.92 Å². The quantitative estimate of drug-likeness (QED) is 0.204. The summed E-state index contributed by atoms with van der Waals surface area (Å²) < 4.78 is 27.0. The fourth-order valence-corrected chi connectivity index (χ4v) is 3.97. The molecule has 0 saturated carbocycles. The van der Waals surface area contributed by atoms with E-state index in [1.54, 1.807) is 0 Å². The molecule has 1 heterocycles. The topological polar surface area (TPSA) is 146 Å². The summed E-state index contributed by atoms with van der Waals surface area (Å²) in [5, 5.41) is 38.5. The zero-order valence-corrected chi connectivity index (χ0v) is 19.8. The number of phosphoric acid groups is 1. The maximum Gasteiger partial charge on any atom is 0.474 e. The van der Waals surface area contributed by atoms with Crippen LogP contribution in [0.15, 0.2) is 23.3 Å². The highest BCUT2D eigenvalue weighted by Crippen LogP contribution is 2.46. The molecule has 0 radical (unpaired) electrons. The van der Waals surface area contributed by atoms with Gasteiger partial charge < -0.3 is 30.1 Å². The highest BCUT2D eigenvalue weighted by Gasteiger charge is 2.46. The number of hydrogen-bond acceptors (Lipinski definition) is 8. The Labute approximate surface area is 185 Å². The van der Waals surface area contributed by atoms with Crippen LogP contribution in [0, 0.1) is 5.92 Å². The maximum atomic E-state index is 12.1. The van der Waals surface area contributed by atoms with Gasteiger partial charge in [0, 0.05) is 0 Å². The van der Waals surface area contributed by atoms with Gasteiger partial charge in [0.15, 0.2) is 6.29 Å². The van der Waals surface area contributed by atoms with Crippen LogP contribution in [-0.2, 0) is 18.3 Å². The predicted molar refractivity (Wildman–Crippen MR) is 116 cm³/mol. The second-order valence-corrected chi connectivity index (χ2v) is 9.85. The van der Waals surface area contributed by atoms with Crippen molar-refractivity contribution in [3.05, 3.63) is 23.3 Å². The number of aliphatic hydroxyl groups excluding tert-OH is 4. The van der Waals surface area contributed by atoms with Crippen LogP contribution in [0.5, 0.6) is 0 Å². The monoisotopic (exact) mass is 466 g/mol. The Morgan fingerprint density at radius 2 is 1.74 bits per heavy atom. The van der Waals surface area contributed by atoms with Crippen molar-refractivity contribution in [2.45, 2.75) is 90.5 Å². The van der Waals surface area contributed by atoms with Crippen molar-refractivity contribution >= 4 is 7.82 Å². The lowest BCUT2D eigenvalue weighted by Gasteiger charge is -2.39. The number of allylic oxidation sites excluding steroid dienone is 4. The molecule has 1 fully saturated rings. The van der Waals surface area contributed by atoms with Gasteiger partial charge in [-0.05, 0) is 58.8 Å². The Morgan fingerprint density at radius 1 is 1.06 bits per heavy atom. The molecule has 1 aliphatic heterocycles. The maximum absolute atomic E-state index is 12.1. The van der Waals surface area contributed by atoms with Crippen molar-refractivity contribution in [1.29, 1.82) is 0 Å². The van der Waals surface area contributed by atoms with Crippen LogP contribution in [-0.4, -0.2) is 69.2 Å². The Morgan fingerprint density at radius 3 is 2.35 bits per heavy atom. The van der Waals surface area contributed by atoms with Crippen LogP contribution in [0.3, 0.4) is 0 Å². The lowest BCUT2D eigenvalue weighted by atomic mass is 10.00. The van der Waals surface area contributed by atoms with Crippen molar-refractivity contribution in [2.75, 3.05) is 13.2 Å². The molecule has 31 heavy (non-hydrogen) atoms. The third kappa shape index (κ3) is 10.7. The molecule has 0 aromatic rings. The minimum atomic E-state index is -4.58. The number of hydrogen-bond donors (Lipinski definition) is 5. The van der Waals surface area contributed by atoms with Gasteiger partial charge in [0.25, 0.3) is 0 Å². The molecule has 1 rings (SSSR count). The van der Waals surface area contributed by atoms with Gasteiger partial charge in [0.1, 0.15) is 24.4 Å². The Hall–Kier alpha value is -0.610. The van der Waals surface area contributed by atoms with Crippen LogP contribution >= 0.6 is 7.82 Å². The van der Waals surface area contributed by atoms with Gasteiger partial charge in [-0.15, -0.1) is 0 Å². The lowest BCUT2D eigenvalue weighted by molar-refractivity contribution is -0.281. The van der Waals surface area contributed by atoms with Crippen molar-refractivity contribution < 1.29 is 43.7 Å². The zero-order valence-electron chi connectivity index (χ0n) is 18.9. The molecule has 10 heteroatoms. The lowest BCUT2D eigenvalue weighted by Crippen LogP contribution is -2.58. The zero-order chi connectivity index (χ0) is 23.6. The summed E-state index contributed by atoms with van der Waals surface area (Å²) in [5.41, 5.74) is 2.66. The summed E-state index contributed by atoms with van der Waals surface area (Å²) in [6.07, 6.45) is 0.864. The molecule has 0 bridgehead atoms. The average molecular weight is 467 g/mol. The van der Waals surface area contributed by atoms with E-state index in [9.17, 15) is 24.8 Å². The molecule has 1 aliphatic rings.